The normalized spacial score (nSPS) is 19.0. The minimum absolute atomic E-state index is 0.0366. The molecule has 0 aromatic heterocycles. The van der Waals surface area contributed by atoms with Crippen LogP contribution in [-0.4, -0.2) is 5.91 Å². The maximum atomic E-state index is 11.1. The number of carbonyl (C=O) groups excluding carboxylic acids is 1. The van der Waals surface area contributed by atoms with Gasteiger partial charge in [0, 0.05) is 5.92 Å². The van der Waals surface area contributed by atoms with E-state index in [1.807, 2.05) is 12.1 Å². The summed E-state index contributed by atoms with van der Waals surface area (Å²) in [5.41, 5.74) is 8.32. The van der Waals surface area contributed by atoms with Crippen LogP contribution in [0.4, 0.5) is 0 Å². The Morgan fingerprint density at radius 3 is 2.93 bits per heavy atom. The molecule has 15 heavy (non-hydrogen) atoms. The Bertz CT molecular complexity index is 445. The SMILES string of the molecule is N#Cc1ccc2c(c1)CCC(C(N)=O)C2. The Balaban J connectivity index is 2.29. The first-order chi connectivity index (χ1) is 7.20. The number of rotatable bonds is 1. The number of hydrogen-bond donors (Lipinski definition) is 1. The van der Waals surface area contributed by atoms with Crippen LogP contribution in [0.3, 0.4) is 0 Å². The quantitative estimate of drug-likeness (QED) is 0.738. The van der Waals surface area contributed by atoms with Gasteiger partial charge >= 0.3 is 0 Å². The van der Waals surface area contributed by atoms with Gasteiger partial charge in [0.05, 0.1) is 11.6 Å². The standard InChI is InChI=1S/C12H12N2O/c13-7-8-1-2-10-6-11(12(14)15)4-3-9(10)5-8/h1-2,5,11H,3-4,6H2,(H2,14,15). The molecule has 0 spiro atoms. The van der Waals surface area contributed by atoms with E-state index >= 15 is 0 Å². The second kappa shape index (κ2) is 3.74. The fourth-order valence-electron chi connectivity index (χ4n) is 2.07. The second-order valence-electron chi connectivity index (χ2n) is 3.94. The summed E-state index contributed by atoms with van der Waals surface area (Å²) in [6.07, 6.45) is 2.37. The highest BCUT2D eigenvalue weighted by atomic mass is 16.1. The highest BCUT2D eigenvalue weighted by molar-refractivity contribution is 5.77. The van der Waals surface area contributed by atoms with Crippen LogP contribution >= 0.6 is 0 Å². The summed E-state index contributed by atoms with van der Waals surface area (Å²) in [5.74, 6) is -0.254. The van der Waals surface area contributed by atoms with Gasteiger partial charge in [-0.25, -0.2) is 0 Å². The van der Waals surface area contributed by atoms with Crippen molar-refractivity contribution in [1.29, 1.82) is 5.26 Å². The number of nitrogens with two attached hydrogens (primary N) is 1. The molecule has 0 fully saturated rings. The zero-order valence-corrected chi connectivity index (χ0v) is 8.36. The highest BCUT2D eigenvalue weighted by Gasteiger charge is 2.22. The molecule has 0 saturated carbocycles. The third kappa shape index (κ3) is 1.84. The molecule has 1 aliphatic carbocycles. The van der Waals surface area contributed by atoms with Gasteiger partial charge in [0.25, 0.3) is 0 Å². The van der Waals surface area contributed by atoms with Crippen LogP contribution < -0.4 is 5.73 Å². The molecule has 3 nitrogen and oxygen atoms in total. The molecule has 0 aliphatic heterocycles. The number of primary amides is 1. The molecular weight excluding hydrogens is 188 g/mol. The molecule has 1 aromatic carbocycles. The number of nitrogens with zero attached hydrogens (tertiary/aromatic N) is 1. The number of nitriles is 1. The van der Waals surface area contributed by atoms with Gasteiger partial charge in [-0.2, -0.15) is 5.26 Å². The van der Waals surface area contributed by atoms with Gasteiger partial charge in [-0.05, 0) is 42.5 Å². The number of aryl methyl sites for hydroxylation is 1. The lowest BCUT2D eigenvalue weighted by atomic mass is 9.83. The van der Waals surface area contributed by atoms with Gasteiger partial charge < -0.3 is 5.73 Å². The van der Waals surface area contributed by atoms with Crippen molar-refractivity contribution in [1.82, 2.24) is 0 Å². The first-order valence-corrected chi connectivity index (χ1v) is 5.02. The summed E-state index contributed by atoms with van der Waals surface area (Å²) in [6, 6.07) is 7.76. The van der Waals surface area contributed by atoms with Crippen LogP contribution in [-0.2, 0) is 17.6 Å². The Hall–Kier alpha value is -1.82. The van der Waals surface area contributed by atoms with Crippen molar-refractivity contribution in [3.63, 3.8) is 0 Å². The molecule has 2 rings (SSSR count). The van der Waals surface area contributed by atoms with Crippen molar-refractivity contribution in [2.24, 2.45) is 11.7 Å². The van der Waals surface area contributed by atoms with Gasteiger partial charge in [0.2, 0.25) is 5.91 Å². The molecule has 0 heterocycles. The summed E-state index contributed by atoms with van der Waals surface area (Å²) in [7, 11) is 0. The van der Waals surface area contributed by atoms with E-state index in [1.165, 1.54) is 5.56 Å². The van der Waals surface area contributed by atoms with E-state index in [2.05, 4.69) is 6.07 Å². The molecule has 0 saturated heterocycles. The van der Waals surface area contributed by atoms with E-state index in [0.717, 1.165) is 24.8 Å². The number of amides is 1. The Morgan fingerprint density at radius 2 is 2.27 bits per heavy atom. The van der Waals surface area contributed by atoms with E-state index < -0.39 is 0 Å². The maximum absolute atomic E-state index is 11.1. The van der Waals surface area contributed by atoms with E-state index in [9.17, 15) is 4.79 Å². The average molecular weight is 200 g/mol. The summed E-state index contributed by atoms with van der Waals surface area (Å²) >= 11 is 0. The van der Waals surface area contributed by atoms with E-state index in [-0.39, 0.29) is 11.8 Å². The van der Waals surface area contributed by atoms with Crippen molar-refractivity contribution in [2.75, 3.05) is 0 Å². The predicted molar refractivity (Wildman–Crippen MR) is 55.9 cm³/mol. The molecule has 0 bridgehead atoms. The lowest BCUT2D eigenvalue weighted by molar-refractivity contribution is -0.122. The second-order valence-corrected chi connectivity index (χ2v) is 3.94. The molecule has 3 heteroatoms. The largest absolute Gasteiger partial charge is 0.369 e. The lowest BCUT2D eigenvalue weighted by Gasteiger charge is -2.22. The fraction of sp³-hybridized carbons (Fsp3) is 0.333. The molecule has 0 radical (unpaired) electrons. The molecule has 1 aliphatic rings. The van der Waals surface area contributed by atoms with E-state index in [0.29, 0.717) is 5.56 Å². The van der Waals surface area contributed by atoms with Crippen LogP contribution in [0.2, 0.25) is 0 Å². The number of hydrogen-bond acceptors (Lipinski definition) is 2. The van der Waals surface area contributed by atoms with E-state index in [1.54, 1.807) is 6.07 Å². The monoisotopic (exact) mass is 200 g/mol. The third-order valence-corrected chi connectivity index (χ3v) is 2.97. The van der Waals surface area contributed by atoms with Gasteiger partial charge in [0.15, 0.2) is 0 Å². The highest BCUT2D eigenvalue weighted by Crippen LogP contribution is 2.26. The van der Waals surface area contributed by atoms with Crippen molar-refractivity contribution >= 4 is 5.91 Å². The number of benzene rings is 1. The lowest BCUT2D eigenvalue weighted by Crippen LogP contribution is -2.28. The zero-order chi connectivity index (χ0) is 10.8. The van der Waals surface area contributed by atoms with Crippen molar-refractivity contribution in [2.45, 2.75) is 19.3 Å². The minimum atomic E-state index is -0.218. The van der Waals surface area contributed by atoms with Gasteiger partial charge in [-0.1, -0.05) is 6.07 Å². The van der Waals surface area contributed by atoms with Gasteiger partial charge in [-0.15, -0.1) is 0 Å². The van der Waals surface area contributed by atoms with Crippen molar-refractivity contribution in [3.8, 4) is 6.07 Å². The Labute approximate surface area is 88.5 Å². The van der Waals surface area contributed by atoms with Crippen LogP contribution in [0, 0.1) is 17.2 Å². The summed E-state index contributed by atoms with van der Waals surface area (Å²) in [5, 5.41) is 8.76. The molecule has 76 valence electrons. The molecule has 1 unspecified atom stereocenters. The predicted octanol–water partition coefficient (Wildman–Crippen LogP) is 1.15. The molecule has 2 N–H and O–H groups in total. The molecule has 1 atom stereocenters. The van der Waals surface area contributed by atoms with Crippen molar-refractivity contribution in [3.05, 3.63) is 34.9 Å². The number of carbonyl (C=O) groups is 1. The third-order valence-electron chi connectivity index (χ3n) is 2.97. The van der Waals surface area contributed by atoms with Crippen LogP contribution in [0.15, 0.2) is 18.2 Å². The Morgan fingerprint density at radius 1 is 1.47 bits per heavy atom. The van der Waals surface area contributed by atoms with Crippen LogP contribution in [0.1, 0.15) is 23.1 Å². The Kier molecular flexibility index (Phi) is 2.42. The van der Waals surface area contributed by atoms with Crippen LogP contribution in [0.5, 0.6) is 0 Å². The zero-order valence-electron chi connectivity index (χ0n) is 8.36. The summed E-state index contributed by atoms with van der Waals surface area (Å²) in [6.45, 7) is 0. The maximum Gasteiger partial charge on any atom is 0.220 e. The average Bonchev–Trinajstić information content (AvgIpc) is 2.27. The van der Waals surface area contributed by atoms with E-state index in [4.69, 9.17) is 11.0 Å². The first-order valence-electron chi connectivity index (χ1n) is 5.02. The van der Waals surface area contributed by atoms with Gasteiger partial charge in [-0.3, -0.25) is 4.79 Å². The fourth-order valence-corrected chi connectivity index (χ4v) is 2.07. The van der Waals surface area contributed by atoms with Gasteiger partial charge in [0.1, 0.15) is 0 Å². The smallest absolute Gasteiger partial charge is 0.220 e. The minimum Gasteiger partial charge on any atom is -0.369 e. The topological polar surface area (TPSA) is 66.9 Å². The van der Waals surface area contributed by atoms with Crippen molar-refractivity contribution < 1.29 is 4.79 Å². The van der Waals surface area contributed by atoms with Crippen LogP contribution in [0.25, 0.3) is 0 Å². The molecule has 1 aromatic rings. The molecular formula is C12H12N2O. The first kappa shape index (κ1) is 9.72. The molecule has 1 amide bonds. The summed E-state index contributed by atoms with van der Waals surface area (Å²) < 4.78 is 0. The summed E-state index contributed by atoms with van der Waals surface area (Å²) in [4.78, 5) is 11.1. The number of fused-ring (bicyclic) bond motifs is 1.